The number of nitrogens with zero attached hydrogens (tertiary/aromatic N) is 2. The Morgan fingerprint density at radius 1 is 0.452 bits per heavy atom. The first-order chi connectivity index (χ1) is 15.2. The zero-order valence-corrected chi connectivity index (χ0v) is 21.0. The Morgan fingerprint density at radius 2 is 0.710 bits per heavy atom. The van der Waals surface area contributed by atoms with Gasteiger partial charge in [0.25, 0.3) is 11.8 Å². The lowest BCUT2D eigenvalue weighted by atomic mass is 10.1. The van der Waals surface area contributed by atoms with Crippen LogP contribution in [-0.2, 0) is 9.59 Å². The molecule has 0 N–H and O–H groups in total. The van der Waals surface area contributed by atoms with Crippen LogP contribution in [0.25, 0.3) is 0 Å². The smallest absolute Gasteiger partial charge is 0.250 e. The highest BCUT2D eigenvalue weighted by molar-refractivity contribution is 6.02. The van der Waals surface area contributed by atoms with Crippen molar-refractivity contribution in [3.05, 3.63) is 0 Å². The van der Waals surface area contributed by atoms with Gasteiger partial charge in [-0.15, -0.1) is 0 Å². The molecule has 31 heavy (non-hydrogen) atoms. The third-order valence-electron chi connectivity index (χ3n) is 6.62. The van der Waals surface area contributed by atoms with Crippen molar-refractivity contribution in [3.63, 3.8) is 0 Å². The maximum absolute atomic E-state index is 12.2. The molecule has 0 atom stereocenters. The van der Waals surface area contributed by atoms with E-state index in [-0.39, 0.29) is 18.2 Å². The number of carbonyl (C=O) groups is 2. The summed E-state index contributed by atoms with van der Waals surface area (Å²) in [4.78, 5) is 24.5. The number of hydrazine groups is 1. The molecule has 0 aliphatic carbocycles. The van der Waals surface area contributed by atoms with Crippen LogP contribution in [0.1, 0.15) is 149 Å². The minimum Gasteiger partial charge on any atom is -0.272 e. The van der Waals surface area contributed by atoms with Crippen LogP contribution >= 0.6 is 0 Å². The lowest BCUT2D eigenvalue weighted by molar-refractivity contribution is -0.147. The summed E-state index contributed by atoms with van der Waals surface area (Å²) in [5.41, 5.74) is 0. The summed E-state index contributed by atoms with van der Waals surface area (Å²) in [5, 5.41) is 3.50. The Morgan fingerprint density at radius 3 is 1.00 bits per heavy atom. The molecule has 1 aliphatic heterocycles. The third-order valence-corrected chi connectivity index (χ3v) is 6.62. The van der Waals surface area contributed by atoms with Crippen molar-refractivity contribution in [2.75, 3.05) is 13.1 Å². The monoisotopic (exact) mass is 436 g/mol. The molecule has 0 unspecified atom stereocenters. The van der Waals surface area contributed by atoms with Gasteiger partial charge in [-0.05, 0) is 12.8 Å². The van der Waals surface area contributed by atoms with Gasteiger partial charge in [0.15, 0.2) is 0 Å². The molecule has 1 rings (SSSR count). The first kappa shape index (κ1) is 28.0. The van der Waals surface area contributed by atoms with Crippen molar-refractivity contribution >= 4 is 11.8 Å². The number of carbonyl (C=O) groups excluding carboxylic acids is 2. The van der Waals surface area contributed by atoms with Gasteiger partial charge in [0, 0.05) is 13.1 Å². The summed E-state index contributed by atoms with van der Waals surface area (Å²) < 4.78 is 0. The van der Waals surface area contributed by atoms with Gasteiger partial charge < -0.3 is 0 Å². The zero-order chi connectivity index (χ0) is 22.6. The Bertz CT molecular complexity index is 413. The van der Waals surface area contributed by atoms with E-state index >= 15 is 0 Å². The summed E-state index contributed by atoms with van der Waals surface area (Å²) >= 11 is 0. The quantitative estimate of drug-likeness (QED) is 0.128. The van der Waals surface area contributed by atoms with E-state index in [4.69, 9.17) is 0 Å². The molecule has 0 aromatic rings. The summed E-state index contributed by atoms with van der Waals surface area (Å²) in [6.45, 7) is 5.96. The van der Waals surface area contributed by atoms with Crippen molar-refractivity contribution in [2.24, 2.45) is 0 Å². The van der Waals surface area contributed by atoms with Crippen LogP contribution in [-0.4, -0.2) is 34.9 Å². The molecule has 0 saturated carbocycles. The maximum atomic E-state index is 12.2. The van der Waals surface area contributed by atoms with E-state index in [1.807, 2.05) is 0 Å². The molecule has 1 aliphatic rings. The van der Waals surface area contributed by atoms with E-state index < -0.39 is 0 Å². The van der Waals surface area contributed by atoms with Crippen LogP contribution in [0.15, 0.2) is 0 Å². The van der Waals surface area contributed by atoms with E-state index in [0.29, 0.717) is 0 Å². The molecule has 0 radical (unpaired) electrons. The number of hydrogen-bond acceptors (Lipinski definition) is 2. The molecule has 4 nitrogen and oxygen atoms in total. The second-order valence-corrected chi connectivity index (χ2v) is 9.57. The van der Waals surface area contributed by atoms with Gasteiger partial charge in [-0.1, -0.05) is 129 Å². The molecule has 0 bridgehead atoms. The predicted octanol–water partition coefficient (Wildman–Crippen LogP) is 7.80. The fourth-order valence-corrected chi connectivity index (χ4v) is 4.57. The topological polar surface area (TPSA) is 40.6 Å². The predicted molar refractivity (Wildman–Crippen MR) is 132 cm³/mol. The van der Waals surface area contributed by atoms with Crippen LogP contribution < -0.4 is 0 Å². The lowest BCUT2D eigenvalue weighted by Gasteiger charge is -2.28. The first-order valence-corrected chi connectivity index (χ1v) is 13.8. The van der Waals surface area contributed by atoms with E-state index in [2.05, 4.69) is 13.8 Å². The van der Waals surface area contributed by atoms with E-state index in [9.17, 15) is 9.59 Å². The van der Waals surface area contributed by atoms with Crippen LogP contribution in [0.2, 0.25) is 0 Å². The lowest BCUT2D eigenvalue weighted by Crippen LogP contribution is -2.42. The number of hydrogen-bond donors (Lipinski definition) is 0. The number of rotatable bonds is 22. The standard InChI is InChI=1S/C27H52N2O2/c1-3-5-7-9-11-13-15-17-19-21-23-28-26(30)25-27(31)29(28)24-22-20-18-16-14-12-10-8-6-4-2/h3-25H2,1-2H3. The highest BCUT2D eigenvalue weighted by Crippen LogP contribution is 2.18. The molecule has 1 saturated heterocycles. The number of unbranched alkanes of at least 4 members (excludes halogenated alkanes) is 18. The van der Waals surface area contributed by atoms with Gasteiger partial charge in [0.2, 0.25) is 0 Å². The Labute approximate surface area is 193 Å². The Hall–Kier alpha value is -1.06. The van der Waals surface area contributed by atoms with Crippen molar-refractivity contribution in [3.8, 4) is 0 Å². The van der Waals surface area contributed by atoms with Gasteiger partial charge in [-0.25, -0.2) is 0 Å². The van der Waals surface area contributed by atoms with Crippen LogP contribution in [0.4, 0.5) is 0 Å². The molecular weight excluding hydrogens is 384 g/mol. The average Bonchev–Trinajstić information content (AvgIpc) is 3.03. The normalized spacial score (nSPS) is 14.3. The van der Waals surface area contributed by atoms with Gasteiger partial charge in [-0.3, -0.25) is 19.6 Å². The van der Waals surface area contributed by atoms with Crippen LogP contribution in [0.3, 0.4) is 0 Å². The first-order valence-electron chi connectivity index (χ1n) is 13.8. The van der Waals surface area contributed by atoms with Gasteiger partial charge in [-0.2, -0.15) is 0 Å². The molecule has 0 aromatic heterocycles. The highest BCUT2D eigenvalue weighted by Gasteiger charge is 2.34. The third kappa shape index (κ3) is 13.9. The molecular formula is C27H52N2O2. The molecule has 182 valence electrons. The molecule has 1 fully saturated rings. The van der Waals surface area contributed by atoms with Crippen LogP contribution in [0.5, 0.6) is 0 Å². The molecule has 0 spiro atoms. The van der Waals surface area contributed by atoms with Gasteiger partial charge >= 0.3 is 0 Å². The Kier molecular flexibility index (Phi) is 17.7. The fourth-order valence-electron chi connectivity index (χ4n) is 4.57. The van der Waals surface area contributed by atoms with E-state index in [1.54, 1.807) is 10.0 Å². The summed E-state index contributed by atoms with van der Waals surface area (Å²) in [5.74, 6) is 0.0148. The van der Waals surface area contributed by atoms with Crippen molar-refractivity contribution < 1.29 is 9.59 Å². The summed E-state index contributed by atoms with van der Waals surface area (Å²) in [6.07, 6.45) is 25.9. The fraction of sp³-hybridized carbons (Fsp3) is 0.926. The summed E-state index contributed by atoms with van der Waals surface area (Å²) in [7, 11) is 0. The molecule has 2 amide bonds. The zero-order valence-electron chi connectivity index (χ0n) is 21.0. The molecule has 4 heteroatoms. The minimum absolute atomic E-state index is 0.00741. The largest absolute Gasteiger partial charge is 0.272 e. The number of amides is 2. The minimum atomic E-state index is 0.00741. The molecule has 1 heterocycles. The molecule has 0 aromatic carbocycles. The van der Waals surface area contributed by atoms with Crippen molar-refractivity contribution in [2.45, 2.75) is 149 Å². The van der Waals surface area contributed by atoms with Crippen molar-refractivity contribution in [1.82, 2.24) is 10.0 Å². The summed E-state index contributed by atoms with van der Waals surface area (Å²) in [6, 6.07) is 0. The highest BCUT2D eigenvalue weighted by atomic mass is 16.2. The van der Waals surface area contributed by atoms with E-state index in [0.717, 1.165) is 25.9 Å². The van der Waals surface area contributed by atoms with Gasteiger partial charge in [0.1, 0.15) is 6.42 Å². The average molecular weight is 437 g/mol. The van der Waals surface area contributed by atoms with Gasteiger partial charge in [0.05, 0.1) is 0 Å². The Balaban J connectivity index is 2.05. The SMILES string of the molecule is CCCCCCCCCCCCN1C(=O)CC(=O)N1CCCCCCCCCCCC. The van der Waals surface area contributed by atoms with Crippen molar-refractivity contribution in [1.29, 1.82) is 0 Å². The van der Waals surface area contributed by atoms with Crippen LogP contribution in [0, 0.1) is 0 Å². The second-order valence-electron chi connectivity index (χ2n) is 9.57. The second kappa shape index (κ2) is 19.6. The van der Waals surface area contributed by atoms with E-state index in [1.165, 1.54) is 116 Å². The maximum Gasteiger partial charge on any atom is 0.250 e.